The molecule has 0 aliphatic carbocycles. The number of carbonyl (C=O) groups is 1. The van der Waals surface area contributed by atoms with Gasteiger partial charge in [0.15, 0.2) is 0 Å². The van der Waals surface area contributed by atoms with E-state index in [1.165, 1.54) is 17.7 Å². The van der Waals surface area contributed by atoms with Crippen LogP contribution in [0.2, 0.25) is 0 Å². The molecule has 0 aliphatic heterocycles. The Morgan fingerprint density at radius 2 is 1.86 bits per heavy atom. The van der Waals surface area contributed by atoms with Crippen LogP contribution in [-0.2, 0) is 4.74 Å². The van der Waals surface area contributed by atoms with Crippen molar-refractivity contribution < 1.29 is 14.3 Å². The van der Waals surface area contributed by atoms with Gasteiger partial charge in [-0.2, -0.15) is 0 Å². The van der Waals surface area contributed by atoms with Crippen molar-refractivity contribution >= 4 is 39.0 Å². The van der Waals surface area contributed by atoms with Crippen molar-refractivity contribution in [3.05, 3.63) is 41.0 Å². The van der Waals surface area contributed by atoms with Crippen molar-refractivity contribution in [2.24, 2.45) is 5.92 Å². The third kappa shape index (κ3) is 4.59. The standard InChI is InChI=1S/C21H25N3O3S/c1-12(2)10-26-21(25)18-14(5)17-19(22-11-23-20(17)28-18)24-15-6-8-16(9-7-15)27-13(3)4/h6-9,11-13H,10H2,1-5H3,(H,22,23,24). The molecule has 0 amide bonds. The number of benzene rings is 1. The van der Waals surface area contributed by atoms with Gasteiger partial charge in [0.2, 0.25) is 0 Å². The van der Waals surface area contributed by atoms with Crippen LogP contribution in [0.1, 0.15) is 42.9 Å². The van der Waals surface area contributed by atoms with E-state index < -0.39 is 0 Å². The van der Waals surface area contributed by atoms with E-state index in [2.05, 4.69) is 15.3 Å². The van der Waals surface area contributed by atoms with E-state index in [9.17, 15) is 4.79 Å². The van der Waals surface area contributed by atoms with Crippen LogP contribution in [0.5, 0.6) is 5.75 Å². The minimum atomic E-state index is -0.310. The summed E-state index contributed by atoms with van der Waals surface area (Å²) in [7, 11) is 0. The van der Waals surface area contributed by atoms with Gasteiger partial charge in [-0.25, -0.2) is 14.8 Å². The van der Waals surface area contributed by atoms with Gasteiger partial charge < -0.3 is 14.8 Å². The zero-order chi connectivity index (χ0) is 20.3. The zero-order valence-electron chi connectivity index (χ0n) is 16.8. The number of thiophene rings is 1. The molecule has 148 valence electrons. The topological polar surface area (TPSA) is 73.3 Å². The molecule has 2 aromatic heterocycles. The predicted octanol–water partition coefficient (Wildman–Crippen LogP) is 5.34. The number of fused-ring (bicyclic) bond motifs is 1. The van der Waals surface area contributed by atoms with Gasteiger partial charge in [-0.05, 0) is 56.5 Å². The second-order valence-electron chi connectivity index (χ2n) is 7.27. The highest BCUT2D eigenvalue weighted by Gasteiger charge is 2.20. The first-order valence-corrected chi connectivity index (χ1v) is 10.1. The molecule has 1 N–H and O–H groups in total. The minimum Gasteiger partial charge on any atom is -0.491 e. The van der Waals surface area contributed by atoms with Crippen molar-refractivity contribution in [2.45, 2.75) is 40.7 Å². The molecule has 0 saturated carbocycles. The van der Waals surface area contributed by atoms with Gasteiger partial charge in [0, 0.05) is 5.69 Å². The van der Waals surface area contributed by atoms with Gasteiger partial charge in [0.05, 0.1) is 18.1 Å². The maximum atomic E-state index is 12.4. The van der Waals surface area contributed by atoms with Gasteiger partial charge in [0.1, 0.15) is 27.6 Å². The molecular formula is C21H25N3O3S. The molecule has 0 spiro atoms. The van der Waals surface area contributed by atoms with Crippen LogP contribution in [0.4, 0.5) is 11.5 Å². The number of aromatic nitrogens is 2. The third-order valence-corrected chi connectivity index (χ3v) is 5.13. The number of anilines is 2. The number of nitrogens with zero attached hydrogens (tertiary/aromatic N) is 2. The number of rotatable bonds is 7. The minimum absolute atomic E-state index is 0.127. The molecule has 2 heterocycles. The largest absolute Gasteiger partial charge is 0.491 e. The number of carbonyl (C=O) groups excluding carboxylic acids is 1. The number of aryl methyl sites for hydroxylation is 1. The van der Waals surface area contributed by atoms with Gasteiger partial charge >= 0.3 is 5.97 Å². The molecule has 6 nitrogen and oxygen atoms in total. The van der Waals surface area contributed by atoms with Crippen LogP contribution in [0, 0.1) is 12.8 Å². The number of ether oxygens (including phenoxy) is 2. The van der Waals surface area contributed by atoms with Crippen LogP contribution in [0.15, 0.2) is 30.6 Å². The molecule has 0 saturated heterocycles. The van der Waals surface area contributed by atoms with E-state index in [4.69, 9.17) is 9.47 Å². The highest BCUT2D eigenvalue weighted by Crippen LogP contribution is 2.35. The molecule has 0 radical (unpaired) electrons. The lowest BCUT2D eigenvalue weighted by Crippen LogP contribution is -2.09. The molecule has 3 aromatic rings. The second kappa shape index (κ2) is 8.56. The quantitative estimate of drug-likeness (QED) is 0.540. The molecule has 28 heavy (non-hydrogen) atoms. The van der Waals surface area contributed by atoms with Crippen LogP contribution in [0.25, 0.3) is 10.2 Å². The lowest BCUT2D eigenvalue weighted by atomic mass is 10.2. The van der Waals surface area contributed by atoms with Gasteiger partial charge in [-0.1, -0.05) is 13.8 Å². The van der Waals surface area contributed by atoms with E-state index in [0.717, 1.165) is 27.2 Å². The first-order chi connectivity index (χ1) is 13.3. The summed E-state index contributed by atoms with van der Waals surface area (Å²) in [4.78, 5) is 22.5. The average Bonchev–Trinajstić information content (AvgIpc) is 2.99. The fraction of sp³-hybridized carbons (Fsp3) is 0.381. The van der Waals surface area contributed by atoms with Crippen LogP contribution < -0.4 is 10.1 Å². The number of hydrogen-bond donors (Lipinski definition) is 1. The number of esters is 1. The summed E-state index contributed by atoms with van der Waals surface area (Å²) >= 11 is 1.33. The normalized spacial score (nSPS) is 11.2. The molecule has 0 unspecified atom stereocenters. The van der Waals surface area contributed by atoms with E-state index >= 15 is 0 Å². The van der Waals surface area contributed by atoms with Crippen LogP contribution >= 0.6 is 11.3 Å². The van der Waals surface area contributed by atoms with Gasteiger partial charge in [0.25, 0.3) is 0 Å². The van der Waals surface area contributed by atoms with Gasteiger partial charge in [-0.3, -0.25) is 0 Å². The Bertz CT molecular complexity index is 965. The summed E-state index contributed by atoms with van der Waals surface area (Å²) < 4.78 is 11.1. The fourth-order valence-electron chi connectivity index (χ4n) is 2.69. The molecule has 1 aromatic carbocycles. The monoisotopic (exact) mass is 399 g/mol. The SMILES string of the molecule is Cc1c(C(=O)OCC(C)C)sc2ncnc(Nc3ccc(OC(C)C)cc3)c12. The average molecular weight is 400 g/mol. The summed E-state index contributed by atoms with van der Waals surface area (Å²) in [5, 5.41) is 4.16. The summed E-state index contributed by atoms with van der Waals surface area (Å²) in [6, 6.07) is 7.70. The number of hydrogen-bond acceptors (Lipinski definition) is 7. The Morgan fingerprint density at radius 3 is 2.50 bits per heavy atom. The Morgan fingerprint density at radius 1 is 1.14 bits per heavy atom. The molecule has 0 bridgehead atoms. The number of nitrogens with one attached hydrogen (secondary N) is 1. The first-order valence-electron chi connectivity index (χ1n) is 9.30. The lowest BCUT2D eigenvalue weighted by Gasteiger charge is -2.11. The maximum absolute atomic E-state index is 12.4. The maximum Gasteiger partial charge on any atom is 0.348 e. The van der Waals surface area contributed by atoms with E-state index in [0.29, 0.717) is 23.2 Å². The molecule has 3 rings (SSSR count). The van der Waals surface area contributed by atoms with Crippen molar-refractivity contribution in [1.29, 1.82) is 0 Å². The highest BCUT2D eigenvalue weighted by molar-refractivity contribution is 7.20. The third-order valence-electron chi connectivity index (χ3n) is 3.95. The van der Waals surface area contributed by atoms with Crippen molar-refractivity contribution in [1.82, 2.24) is 9.97 Å². The Kier molecular flexibility index (Phi) is 6.14. The van der Waals surface area contributed by atoms with Crippen molar-refractivity contribution in [3.8, 4) is 5.75 Å². The fourth-order valence-corrected chi connectivity index (χ4v) is 3.74. The van der Waals surface area contributed by atoms with E-state index in [1.54, 1.807) is 0 Å². The molecule has 0 aliphatic rings. The molecule has 0 fully saturated rings. The molecule has 7 heteroatoms. The van der Waals surface area contributed by atoms with Crippen molar-refractivity contribution in [2.75, 3.05) is 11.9 Å². The Labute approximate surface area is 168 Å². The molecular weight excluding hydrogens is 374 g/mol. The Hall–Kier alpha value is -2.67. The van der Waals surface area contributed by atoms with Crippen LogP contribution in [0.3, 0.4) is 0 Å². The second-order valence-corrected chi connectivity index (χ2v) is 8.27. The molecule has 0 atom stereocenters. The highest BCUT2D eigenvalue weighted by atomic mass is 32.1. The summed E-state index contributed by atoms with van der Waals surface area (Å²) in [6.07, 6.45) is 1.63. The summed E-state index contributed by atoms with van der Waals surface area (Å²) in [6.45, 7) is 10.3. The smallest absolute Gasteiger partial charge is 0.348 e. The van der Waals surface area contributed by atoms with Crippen molar-refractivity contribution in [3.63, 3.8) is 0 Å². The zero-order valence-corrected chi connectivity index (χ0v) is 17.6. The van der Waals surface area contributed by atoms with Crippen LogP contribution in [-0.4, -0.2) is 28.6 Å². The first kappa shape index (κ1) is 20.1. The predicted molar refractivity (Wildman–Crippen MR) is 113 cm³/mol. The summed E-state index contributed by atoms with van der Waals surface area (Å²) in [5.74, 6) is 1.46. The summed E-state index contributed by atoms with van der Waals surface area (Å²) in [5.41, 5.74) is 1.71. The Balaban J connectivity index is 1.87. The lowest BCUT2D eigenvalue weighted by molar-refractivity contribution is 0.0464. The van der Waals surface area contributed by atoms with E-state index in [1.807, 2.05) is 58.9 Å². The van der Waals surface area contributed by atoms with E-state index in [-0.39, 0.29) is 12.1 Å². The van der Waals surface area contributed by atoms with Gasteiger partial charge in [-0.15, -0.1) is 11.3 Å².